The van der Waals surface area contributed by atoms with Gasteiger partial charge in [-0.15, -0.1) is 0 Å². The second kappa shape index (κ2) is 11.6. The Morgan fingerprint density at radius 2 is 0.925 bits per heavy atom. The van der Waals surface area contributed by atoms with Gasteiger partial charge in [0.05, 0.1) is 0 Å². The molecule has 0 aliphatic heterocycles. The number of nitrogens with zero attached hydrogens (tertiary/aromatic N) is 4. The standard InChI is InChI=1S/C46H26N4O3/c1-2-10-27(11-3-1)46-47-36-25-29(21-23-39(36)53-46)28-12-8-13-30(24-28)43-48-44(31-20-22-33-32-14-4-6-17-37(32)52-41(33)26-31)50-45(49-43)35-16-9-19-40-42(35)34-15-5-7-18-38(34)51-40/h1-26H. The summed E-state index contributed by atoms with van der Waals surface area (Å²) in [5.74, 6) is 2.24. The normalized spacial score (nSPS) is 11.8. The van der Waals surface area contributed by atoms with Gasteiger partial charge in [0.2, 0.25) is 5.89 Å². The lowest BCUT2D eigenvalue weighted by Gasteiger charge is -2.10. The summed E-state index contributed by atoms with van der Waals surface area (Å²) in [6.45, 7) is 0. The minimum Gasteiger partial charge on any atom is -0.456 e. The minimum absolute atomic E-state index is 0.542. The number of hydrogen-bond acceptors (Lipinski definition) is 7. The van der Waals surface area contributed by atoms with E-state index in [0.717, 1.165) is 88.4 Å². The molecule has 4 aromatic heterocycles. The zero-order valence-corrected chi connectivity index (χ0v) is 28.0. The number of para-hydroxylation sites is 2. The van der Waals surface area contributed by atoms with Gasteiger partial charge in [0.1, 0.15) is 27.8 Å². The fourth-order valence-corrected chi connectivity index (χ4v) is 7.23. The van der Waals surface area contributed by atoms with Crippen LogP contribution in [-0.2, 0) is 0 Å². The molecule has 4 heterocycles. The van der Waals surface area contributed by atoms with E-state index in [2.05, 4.69) is 42.5 Å². The van der Waals surface area contributed by atoms with E-state index in [1.54, 1.807) is 0 Å². The zero-order valence-electron chi connectivity index (χ0n) is 28.0. The van der Waals surface area contributed by atoms with Crippen molar-refractivity contribution >= 4 is 55.0 Å². The number of rotatable bonds is 5. The molecule has 11 rings (SSSR count). The maximum atomic E-state index is 6.27. The second-order valence-corrected chi connectivity index (χ2v) is 13.0. The van der Waals surface area contributed by atoms with E-state index in [0.29, 0.717) is 23.4 Å². The lowest BCUT2D eigenvalue weighted by Crippen LogP contribution is -2.00. The van der Waals surface area contributed by atoms with Crippen LogP contribution < -0.4 is 0 Å². The Kier molecular flexibility index (Phi) is 6.42. The molecule has 0 fully saturated rings. The van der Waals surface area contributed by atoms with Gasteiger partial charge >= 0.3 is 0 Å². The van der Waals surface area contributed by atoms with Crippen LogP contribution in [0, 0.1) is 0 Å². The fraction of sp³-hybridized carbons (Fsp3) is 0. The topological polar surface area (TPSA) is 91.0 Å². The molecule has 0 unspecified atom stereocenters. The van der Waals surface area contributed by atoms with Crippen molar-refractivity contribution in [2.75, 3.05) is 0 Å². The first-order valence-corrected chi connectivity index (χ1v) is 17.4. The molecule has 53 heavy (non-hydrogen) atoms. The molecule has 7 heteroatoms. The predicted octanol–water partition coefficient (Wildman–Crippen LogP) is 12.1. The molecule has 11 aromatic rings. The Hall–Kier alpha value is -7.38. The van der Waals surface area contributed by atoms with Crippen molar-refractivity contribution in [1.29, 1.82) is 0 Å². The third kappa shape index (κ3) is 4.90. The van der Waals surface area contributed by atoms with Crippen molar-refractivity contribution in [2.45, 2.75) is 0 Å². The fourth-order valence-electron chi connectivity index (χ4n) is 7.23. The molecule has 0 bridgehead atoms. The summed E-state index contributed by atoms with van der Waals surface area (Å²) in [7, 11) is 0. The van der Waals surface area contributed by atoms with Crippen molar-refractivity contribution in [3.05, 3.63) is 158 Å². The molecule has 248 valence electrons. The van der Waals surface area contributed by atoms with Gasteiger partial charge in [0.15, 0.2) is 23.1 Å². The highest BCUT2D eigenvalue weighted by Gasteiger charge is 2.19. The summed E-state index contributed by atoms with van der Waals surface area (Å²) < 4.78 is 18.6. The predicted molar refractivity (Wildman–Crippen MR) is 209 cm³/mol. The van der Waals surface area contributed by atoms with Gasteiger partial charge in [-0.25, -0.2) is 19.9 Å². The van der Waals surface area contributed by atoms with Crippen LogP contribution in [0.25, 0.3) is 112 Å². The van der Waals surface area contributed by atoms with Gasteiger partial charge < -0.3 is 13.3 Å². The average molecular weight is 683 g/mol. The summed E-state index contributed by atoms with van der Waals surface area (Å²) >= 11 is 0. The highest BCUT2D eigenvalue weighted by Crippen LogP contribution is 2.38. The first kappa shape index (κ1) is 29.4. The number of fused-ring (bicyclic) bond motifs is 7. The average Bonchev–Trinajstić information content (AvgIpc) is 3.94. The Morgan fingerprint density at radius 3 is 1.79 bits per heavy atom. The van der Waals surface area contributed by atoms with Gasteiger partial charge in [0, 0.05) is 43.8 Å². The minimum atomic E-state index is 0.542. The lowest BCUT2D eigenvalue weighted by molar-refractivity contribution is 0.620. The molecule has 0 spiro atoms. The van der Waals surface area contributed by atoms with Crippen molar-refractivity contribution in [2.24, 2.45) is 0 Å². The first-order valence-electron chi connectivity index (χ1n) is 17.4. The van der Waals surface area contributed by atoms with Crippen molar-refractivity contribution < 1.29 is 13.3 Å². The molecule has 0 amide bonds. The smallest absolute Gasteiger partial charge is 0.227 e. The van der Waals surface area contributed by atoms with Crippen molar-refractivity contribution in [3.63, 3.8) is 0 Å². The SMILES string of the molecule is c1ccc(-c2nc3cc(-c4cccc(-c5nc(-c6ccc7c(c6)oc6ccccc67)nc(-c6cccc7oc8ccccc8c67)n5)c4)ccc3o2)cc1. The Labute approximate surface area is 301 Å². The van der Waals surface area contributed by atoms with Gasteiger partial charge in [-0.1, -0.05) is 97.1 Å². The van der Waals surface area contributed by atoms with Crippen LogP contribution in [0.5, 0.6) is 0 Å². The highest BCUT2D eigenvalue weighted by molar-refractivity contribution is 6.12. The van der Waals surface area contributed by atoms with E-state index in [-0.39, 0.29) is 0 Å². The summed E-state index contributed by atoms with van der Waals surface area (Å²) in [6, 6.07) is 52.5. The molecule has 0 aliphatic rings. The number of aromatic nitrogens is 4. The third-order valence-electron chi connectivity index (χ3n) is 9.78. The maximum absolute atomic E-state index is 6.27. The Balaban J connectivity index is 1.08. The van der Waals surface area contributed by atoms with E-state index in [1.807, 2.05) is 115 Å². The number of oxazole rings is 1. The third-order valence-corrected chi connectivity index (χ3v) is 9.78. The molecule has 0 saturated carbocycles. The van der Waals surface area contributed by atoms with Gasteiger partial charge in [-0.3, -0.25) is 0 Å². The van der Waals surface area contributed by atoms with E-state index >= 15 is 0 Å². The van der Waals surface area contributed by atoms with Crippen LogP contribution in [0.4, 0.5) is 0 Å². The monoisotopic (exact) mass is 682 g/mol. The first-order chi connectivity index (χ1) is 26.2. The zero-order chi connectivity index (χ0) is 34.9. The summed E-state index contributed by atoms with van der Waals surface area (Å²) in [6.07, 6.45) is 0. The Morgan fingerprint density at radius 1 is 0.321 bits per heavy atom. The highest BCUT2D eigenvalue weighted by atomic mass is 16.3. The van der Waals surface area contributed by atoms with Crippen LogP contribution in [0.2, 0.25) is 0 Å². The van der Waals surface area contributed by atoms with Crippen molar-refractivity contribution in [1.82, 2.24) is 19.9 Å². The van der Waals surface area contributed by atoms with E-state index in [4.69, 9.17) is 33.2 Å². The van der Waals surface area contributed by atoms with Crippen molar-refractivity contribution in [3.8, 4) is 56.7 Å². The van der Waals surface area contributed by atoms with Gasteiger partial charge in [0.25, 0.3) is 0 Å². The maximum Gasteiger partial charge on any atom is 0.227 e. The van der Waals surface area contributed by atoms with Gasteiger partial charge in [-0.05, 0) is 71.8 Å². The molecule has 7 nitrogen and oxygen atoms in total. The number of benzene rings is 7. The lowest BCUT2D eigenvalue weighted by atomic mass is 10.0. The summed E-state index contributed by atoms with van der Waals surface area (Å²) in [5, 5.41) is 4.08. The number of hydrogen-bond donors (Lipinski definition) is 0. The molecule has 0 saturated heterocycles. The van der Waals surface area contributed by atoms with Gasteiger partial charge in [-0.2, -0.15) is 0 Å². The van der Waals surface area contributed by atoms with E-state index < -0.39 is 0 Å². The summed E-state index contributed by atoms with van der Waals surface area (Å²) in [5.41, 5.74) is 10.2. The molecule has 0 aliphatic carbocycles. The van der Waals surface area contributed by atoms with E-state index in [9.17, 15) is 0 Å². The summed E-state index contributed by atoms with van der Waals surface area (Å²) in [4.78, 5) is 20.2. The second-order valence-electron chi connectivity index (χ2n) is 13.0. The molecular formula is C46H26N4O3. The molecule has 0 atom stereocenters. The van der Waals surface area contributed by atoms with Crippen LogP contribution in [0.1, 0.15) is 0 Å². The largest absolute Gasteiger partial charge is 0.456 e. The van der Waals surface area contributed by atoms with Crippen LogP contribution in [0.15, 0.2) is 171 Å². The van der Waals surface area contributed by atoms with E-state index in [1.165, 1.54) is 0 Å². The van der Waals surface area contributed by atoms with Crippen LogP contribution >= 0.6 is 0 Å². The molecule has 7 aromatic carbocycles. The van der Waals surface area contributed by atoms with Crippen LogP contribution in [0.3, 0.4) is 0 Å². The molecule has 0 radical (unpaired) electrons. The molecule has 0 N–H and O–H groups in total. The number of furan rings is 2. The van der Waals surface area contributed by atoms with Crippen LogP contribution in [-0.4, -0.2) is 19.9 Å². The quantitative estimate of drug-likeness (QED) is 0.178. The molecular weight excluding hydrogens is 657 g/mol. The Bertz CT molecular complexity index is 3190.